The predicted molar refractivity (Wildman–Crippen MR) is 87.7 cm³/mol. The van der Waals surface area contributed by atoms with E-state index in [9.17, 15) is 0 Å². The van der Waals surface area contributed by atoms with Gasteiger partial charge in [0.15, 0.2) is 0 Å². The van der Waals surface area contributed by atoms with E-state index in [-0.39, 0.29) is 0 Å². The molecule has 1 unspecified atom stereocenters. The van der Waals surface area contributed by atoms with Crippen molar-refractivity contribution in [2.45, 2.75) is 44.2 Å². The maximum absolute atomic E-state index is 4.10. The molecule has 4 heteroatoms. The smallest absolute Gasteiger partial charge is 0.0397 e. The van der Waals surface area contributed by atoms with Crippen LogP contribution in [0.5, 0.6) is 0 Å². The molecule has 2 aliphatic rings. The summed E-state index contributed by atoms with van der Waals surface area (Å²) in [7, 11) is 2.28. The van der Waals surface area contributed by atoms with Gasteiger partial charge in [0.1, 0.15) is 0 Å². The molecular weight excluding hydrogens is 260 g/mol. The van der Waals surface area contributed by atoms with Crippen LogP contribution in [-0.4, -0.2) is 55.2 Å². The van der Waals surface area contributed by atoms with Crippen LogP contribution in [0.4, 0.5) is 5.69 Å². The lowest BCUT2D eigenvalue weighted by Gasteiger charge is -2.37. The quantitative estimate of drug-likeness (QED) is 0.919. The molecule has 2 saturated heterocycles. The Hall–Kier alpha value is -1.13. The molecule has 1 atom stereocenters. The lowest BCUT2D eigenvalue weighted by atomic mass is 10.0. The summed E-state index contributed by atoms with van der Waals surface area (Å²) >= 11 is 0. The van der Waals surface area contributed by atoms with Gasteiger partial charge in [0, 0.05) is 49.8 Å². The number of hydrogen-bond donors (Lipinski definition) is 1. The summed E-state index contributed by atoms with van der Waals surface area (Å²) in [6, 6.07) is 5.67. The SMILES string of the molecule is CN1CCCCC1CNC1CCN(c2ccncc2)CC1. The fourth-order valence-corrected chi connectivity index (χ4v) is 3.60. The molecule has 0 spiro atoms. The normalized spacial score (nSPS) is 25.2. The van der Waals surface area contributed by atoms with Crippen LogP contribution in [0.25, 0.3) is 0 Å². The lowest BCUT2D eigenvalue weighted by molar-refractivity contribution is 0.175. The molecular formula is C17H28N4. The van der Waals surface area contributed by atoms with E-state index in [0.717, 1.165) is 25.7 Å². The third-order valence-electron chi connectivity index (χ3n) is 5.09. The van der Waals surface area contributed by atoms with E-state index in [1.807, 2.05) is 12.4 Å². The van der Waals surface area contributed by atoms with Crippen LogP contribution in [0.2, 0.25) is 0 Å². The van der Waals surface area contributed by atoms with E-state index in [4.69, 9.17) is 0 Å². The van der Waals surface area contributed by atoms with Gasteiger partial charge in [-0.3, -0.25) is 4.98 Å². The van der Waals surface area contributed by atoms with Crippen molar-refractivity contribution >= 4 is 5.69 Å². The molecule has 21 heavy (non-hydrogen) atoms. The van der Waals surface area contributed by atoms with Crippen LogP contribution < -0.4 is 10.2 Å². The van der Waals surface area contributed by atoms with Crippen molar-refractivity contribution in [1.82, 2.24) is 15.2 Å². The number of pyridine rings is 1. The van der Waals surface area contributed by atoms with Gasteiger partial charge in [-0.1, -0.05) is 6.42 Å². The van der Waals surface area contributed by atoms with Gasteiger partial charge >= 0.3 is 0 Å². The van der Waals surface area contributed by atoms with Gasteiger partial charge in [-0.25, -0.2) is 0 Å². The monoisotopic (exact) mass is 288 g/mol. The fraction of sp³-hybridized carbons (Fsp3) is 0.706. The Morgan fingerprint density at radius 3 is 2.57 bits per heavy atom. The molecule has 1 N–H and O–H groups in total. The second-order valence-corrected chi connectivity index (χ2v) is 6.51. The number of rotatable bonds is 4. The van der Waals surface area contributed by atoms with Gasteiger partial charge in [0.05, 0.1) is 0 Å². The van der Waals surface area contributed by atoms with Crippen LogP contribution in [0.3, 0.4) is 0 Å². The van der Waals surface area contributed by atoms with Gasteiger partial charge in [-0.2, -0.15) is 0 Å². The summed E-state index contributed by atoms with van der Waals surface area (Å²) in [5, 5.41) is 3.81. The van der Waals surface area contributed by atoms with Gasteiger partial charge in [0.25, 0.3) is 0 Å². The highest BCUT2D eigenvalue weighted by Gasteiger charge is 2.22. The number of hydrogen-bond acceptors (Lipinski definition) is 4. The van der Waals surface area contributed by atoms with Crippen molar-refractivity contribution in [2.24, 2.45) is 0 Å². The highest BCUT2D eigenvalue weighted by atomic mass is 15.2. The van der Waals surface area contributed by atoms with Crippen molar-refractivity contribution in [3.63, 3.8) is 0 Å². The first-order valence-electron chi connectivity index (χ1n) is 8.41. The van der Waals surface area contributed by atoms with Crippen LogP contribution in [0, 0.1) is 0 Å². The van der Waals surface area contributed by atoms with E-state index in [1.165, 1.54) is 44.3 Å². The van der Waals surface area contributed by atoms with E-state index < -0.39 is 0 Å². The third-order valence-corrected chi connectivity index (χ3v) is 5.09. The van der Waals surface area contributed by atoms with Gasteiger partial charge in [-0.15, -0.1) is 0 Å². The van der Waals surface area contributed by atoms with Crippen LogP contribution in [0.15, 0.2) is 24.5 Å². The van der Waals surface area contributed by atoms with Crippen molar-refractivity contribution in [1.29, 1.82) is 0 Å². The number of likely N-dealkylation sites (tertiary alicyclic amines) is 1. The Morgan fingerprint density at radius 2 is 1.86 bits per heavy atom. The minimum atomic E-state index is 0.693. The summed E-state index contributed by atoms with van der Waals surface area (Å²) < 4.78 is 0. The average Bonchev–Trinajstić information content (AvgIpc) is 2.55. The molecule has 3 rings (SSSR count). The summed E-state index contributed by atoms with van der Waals surface area (Å²) in [6.45, 7) is 4.74. The van der Waals surface area contributed by atoms with Crippen molar-refractivity contribution in [3.05, 3.63) is 24.5 Å². The molecule has 0 bridgehead atoms. The molecule has 2 fully saturated rings. The Labute approximate surface area is 128 Å². The van der Waals surface area contributed by atoms with Gasteiger partial charge in [-0.05, 0) is 51.4 Å². The van der Waals surface area contributed by atoms with E-state index in [0.29, 0.717) is 6.04 Å². The topological polar surface area (TPSA) is 31.4 Å². The standard InChI is InChI=1S/C17H28N4/c1-20-11-3-2-4-17(20)14-19-15-7-12-21(13-8-15)16-5-9-18-10-6-16/h5-6,9-10,15,17,19H,2-4,7-8,11-14H2,1H3. The van der Waals surface area contributed by atoms with E-state index in [1.54, 1.807) is 0 Å². The Morgan fingerprint density at radius 1 is 1.10 bits per heavy atom. The molecule has 3 heterocycles. The molecule has 0 aromatic carbocycles. The minimum absolute atomic E-state index is 0.693. The molecule has 1 aromatic rings. The van der Waals surface area contributed by atoms with E-state index >= 15 is 0 Å². The minimum Gasteiger partial charge on any atom is -0.371 e. The largest absolute Gasteiger partial charge is 0.371 e. The Bertz CT molecular complexity index is 414. The summed E-state index contributed by atoms with van der Waals surface area (Å²) in [5.74, 6) is 0. The number of anilines is 1. The zero-order chi connectivity index (χ0) is 14.5. The zero-order valence-electron chi connectivity index (χ0n) is 13.2. The maximum Gasteiger partial charge on any atom is 0.0397 e. The van der Waals surface area contributed by atoms with Gasteiger partial charge < -0.3 is 15.1 Å². The number of nitrogens with zero attached hydrogens (tertiary/aromatic N) is 3. The van der Waals surface area contributed by atoms with Crippen LogP contribution in [-0.2, 0) is 0 Å². The molecule has 4 nitrogen and oxygen atoms in total. The highest BCUT2D eigenvalue weighted by Crippen LogP contribution is 2.19. The molecule has 0 saturated carbocycles. The third kappa shape index (κ3) is 3.95. The molecule has 0 radical (unpaired) electrons. The Balaban J connectivity index is 1.41. The zero-order valence-corrected chi connectivity index (χ0v) is 13.2. The average molecular weight is 288 g/mol. The second-order valence-electron chi connectivity index (χ2n) is 6.51. The first kappa shape index (κ1) is 14.8. The van der Waals surface area contributed by atoms with Crippen LogP contribution in [0.1, 0.15) is 32.1 Å². The number of piperidine rings is 2. The number of nitrogens with one attached hydrogen (secondary N) is 1. The lowest BCUT2D eigenvalue weighted by Crippen LogP contribution is -2.48. The number of likely N-dealkylation sites (N-methyl/N-ethyl adjacent to an activating group) is 1. The van der Waals surface area contributed by atoms with Crippen LogP contribution >= 0.6 is 0 Å². The molecule has 2 aliphatic heterocycles. The highest BCUT2D eigenvalue weighted by molar-refractivity contribution is 5.44. The van der Waals surface area contributed by atoms with Crippen molar-refractivity contribution in [3.8, 4) is 0 Å². The van der Waals surface area contributed by atoms with Crippen molar-refractivity contribution < 1.29 is 0 Å². The first-order chi connectivity index (χ1) is 10.3. The summed E-state index contributed by atoms with van der Waals surface area (Å²) in [4.78, 5) is 9.11. The van der Waals surface area contributed by atoms with E-state index in [2.05, 4.69) is 39.3 Å². The summed E-state index contributed by atoms with van der Waals surface area (Å²) in [5.41, 5.74) is 1.32. The molecule has 1 aromatic heterocycles. The predicted octanol–water partition coefficient (Wildman–Crippen LogP) is 2.12. The van der Waals surface area contributed by atoms with Gasteiger partial charge in [0.2, 0.25) is 0 Å². The number of aromatic nitrogens is 1. The molecule has 116 valence electrons. The molecule has 0 aliphatic carbocycles. The maximum atomic E-state index is 4.10. The first-order valence-corrected chi connectivity index (χ1v) is 8.41. The molecule has 0 amide bonds. The summed E-state index contributed by atoms with van der Waals surface area (Å²) in [6.07, 6.45) is 10.4. The fourth-order valence-electron chi connectivity index (χ4n) is 3.60. The second kappa shape index (κ2) is 7.23. The Kier molecular flexibility index (Phi) is 5.09. The van der Waals surface area contributed by atoms with Crippen molar-refractivity contribution in [2.75, 3.05) is 38.1 Å².